The highest BCUT2D eigenvalue weighted by molar-refractivity contribution is 5.96. The first kappa shape index (κ1) is 14.5. The van der Waals surface area contributed by atoms with E-state index in [4.69, 9.17) is 0 Å². The average molecular weight is 276 g/mol. The number of amides is 1. The minimum absolute atomic E-state index is 0.0152. The van der Waals surface area contributed by atoms with E-state index in [2.05, 4.69) is 15.4 Å². The maximum atomic E-state index is 12.1. The molecule has 0 unspecified atom stereocenters. The zero-order valence-corrected chi connectivity index (χ0v) is 11.9. The number of nitrogens with one attached hydrogen (secondary N) is 2. The van der Waals surface area contributed by atoms with Crippen molar-refractivity contribution in [1.82, 2.24) is 5.32 Å². The molecule has 108 valence electrons. The summed E-state index contributed by atoms with van der Waals surface area (Å²) in [5, 5.41) is 6.12. The molecule has 1 aromatic rings. The smallest absolute Gasteiger partial charge is 0.337 e. The molecule has 0 saturated carbocycles. The van der Waals surface area contributed by atoms with E-state index in [0.29, 0.717) is 5.56 Å². The van der Waals surface area contributed by atoms with Crippen molar-refractivity contribution in [3.05, 3.63) is 29.3 Å². The molecule has 0 spiro atoms. The van der Waals surface area contributed by atoms with Crippen molar-refractivity contribution in [2.45, 2.75) is 32.2 Å². The van der Waals surface area contributed by atoms with Gasteiger partial charge in [0.2, 0.25) is 5.91 Å². The molecule has 1 saturated heterocycles. The topological polar surface area (TPSA) is 67.4 Å². The summed E-state index contributed by atoms with van der Waals surface area (Å²) in [4.78, 5) is 23.6. The van der Waals surface area contributed by atoms with Crippen LogP contribution in [0.2, 0.25) is 0 Å². The van der Waals surface area contributed by atoms with Gasteiger partial charge >= 0.3 is 5.97 Å². The van der Waals surface area contributed by atoms with Crippen molar-refractivity contribution in [2.75, 3.05) is 19.0 Å². The van der Waals surface area contributed by atoms with Gasteiger partial charge in [-0.2, -0.15) is 0 Å². The van der Waals surface area contributed by atoms with Gasteiger partial charge in [0.25, 0.3) is 0 Å². The maximum Gasteiger partial charge on any atom is 0.337 e. The average Bonchev–Trinajstić information content (AvgIpc) is 2.49. The van der Waals surface area contributed by atoms with Crippen LogP contribution < -0.4 is 10.6 Å². The number of esters is 1. The lowest BCUT2D eigenvalue weighted by Crippen LogP contribution is -2.43. The van der Waals surface area contributed by atoms with E-state index in [1.165, 1.54) is 7.11 Å². The SMILES string of the molecule is COC(=O)c1ccc(NC(=O)[C@@H]2CCCCN2)c(C)c1. The van der Waals surface area contributed by atoms with Crippen LogP contribution in [-0.2, 0) is 9.53 Å². The molecule has 1 fully saturated rings. The third-order valence-corrected chi connectivity index (χ3v) is 3.53. The number of benzene rings is 1. The van der Waals surface area contributed by atoms with Crippen molar-refractivity contribution >= 4 is 17.6 Å². The van der Waals surface area contributed by atoms with Crippen molar-refractivity contribution in [3.8, 4) is 0 Å². The molecule has 0 radical (unpaired) electrons. The number of carbonyl (C=O) groups excluding carboxylic acids is 2. The van der Waals surface area contributed by atoms with Crippen molar-refractivity contribution < 1.29 is 14.3 Å². The van der Waals surface area contributed by atoms with E-state index in [1.807, 2.05) is 6.92 Å². The zero-order chi connectivity index (χ0) is 14.5. The van der Waals surface area contributed by atoms with Crippen LogP contribution >= 0.6 is 0 Å². The lowest BCUT2D eigenvalue weighted by molar-refractivity contribution is -0.118. The molecule has 0 aromatic heterocycles. The van der Waals surface area contributed by atoms with Gasteiger partial charge in [-0.3, -0.25) is 4.79 Å². The Kier molecular flexibility index (Phi) is 4.74. The molecule has 1 aromatic carbocycles. The summed E-state index contributed by atoms with van der Waals surface area (Å²) >= 11 is 0. The zero-order valence-electron chi connectivity index (χ0n) is 11.9. The van der Waals surface area contributed by atoms with E-state index in [-0.39, 0.29) is 17.9 Å². The quantitative estimate of drug-likeness (QED) is 0.827. The van der Waals surface area contributed by atoms with Crippen LogP contribution in [0.4, 0.5) is 5.69 Å². The van der Waals surface area contributed by atoms with Gasteiger partial charge in [-0.05, 0) is 50.1 Å². The molecule has 0 aliphatic carbocycles. The number of aryl methyl sites for hydroxylation is 1. The van der Waals surface area contributed by atoms with Crippen LogP contribution in [0.1, 0.15) is 35.2 Å². The van der Waals surface area contributed by atoms with Crippen molar-refractivity contribution in [1.29, 1.82) is 0 Å². The fourth-order valence-corrected chi connectivity index (χ4v) is 2.34. The fraction of sp³-hybridized carbons (Fsp3) is 0.467. The molecule has 2 N–H and O–H groups in total. The number of ether oxygens (including phenoxy) is 1. The summed E-state index contributed by atoms with van der Waals surface area (Å²) in [6.45, 7) is 2.74. The van der Waals surface area contributed by atoms with Crippen LogP contribution in [0.25, 0.3) is 0 Å². The molecular formula is C15H20N2O3. The maximum absolute atomic E-state index is 12.1. The Bertz CT molecular complexity index is 508. The van der Waals surface area contributed by atoms with Gasteiger partial charge in [-0.25, -0.2) is 4.79 Å². The minimum Gasteiger partial charge on any atom is -0.465 e. The second-order valence-corrected chi connectivity index (χ2v) is 5.01. The number of hydrogen-bond acceptors (Lipinski definition) is 4. The molecule has 1 aliphatic heterocycles. The van der Waals surface area contributed by atoms with Crippen molar-refractivity contribution in [3.63, 3.8) is 0 Å². The third kappa shape index (κ3) is 3.36. The highest BCUT2D eigenvalue weighted by atomic mass is 16.5. The highest BCUT2D eigenvalue weighted by Crippen LogP contribution is 2.18. The predicted octanol–water partition coefficient (Wildman–Crippen LogP) is 1.86. The normalized spacial score (nSPS) is 18.4. The highest BCUT2D eigenvalue weighted by Gasteiger charge is 2.21. The van der Waals surface area contributed by atoms with Crippen LogP contribution in [0.5, 0.6) is 0 Å². The molecule has 5 heteroatoms. The first-order valence-corrected chi connectivity index (χ1v) is 6.85. The molecule has 1 amide bonds. The standard InChI is InChI=1S/C15H20N2O3/c1-10-9-11(15(19)20-2)6-7-12(10)17-14(18)13-5-3-4-8-16-13/h6-7,9,13,16H,3-5,8H2,1-2H3,(H,17,18)/t13-/m0/s1. The van der Waals surface area contributed by atoms with Gasteiger partial charge in [0, 0.05) is 5.69 Å². The Morgan fingerprint density at radius 1 is 1.35 bits per heavy atom. The van der Waals surface area contributed by atoms with Gasteiger partial charge in [-0.1, -0.05) is 6.42 Å². The van der Waals surface area contributed by atoms with E-state index < -0.39 is 0 Å². The Balaban J connectivity index is 2.05. The van der Waals surface area contributed by atoms with Gasteiger partial charge in [0.15, 0.2) is 0 Å². The predicted molar refractivity (Wildman–Crippen MR) is 76.8 cm³/mol. The largest absolute Gasteiger partial charge is 0.465 e. The number of methoxy groups -OCH3 is 1. The van der Waals surface area contributed by atoms with E-state index in [1.54, 1.807) is 18.2 Å². The number of piperidine rings is 1. The number of hydrogen-bond donors (Lipinski definition) is 2. The first-order chi connectivity index (χ1) is 9.61. The Morgan fingerprint density at radius 3 is 2.75 bits per heavy atom. The molecule has 1 heterocycles. The van der Waals surface area contributed by atoms with Crippen molar-refractivity contribution in [2.24, 2.45) is 0 Å². The molecule has 20 heavy (non-hydrogen) atoms. The van der Waals surface area contributed by atoms with Crippen LogP contribution in [0, 0.1) is 6.92 Å². The Morgan fingerprint density at radius 2 is 2.15 bits per heavy atom. The van der Waals surface area contributed by atoms with E-state index in [0.717, 1.165) is 37.1 Å². The summed E-state index contributed by atoms with van der Waals surface area (Å²) in [6.07, 6.45) is 3.06. The molecule has 1 atom stereocenters. The van der Waals surface area contributed by atoms with Crippen LogP contribution in [-0.4, -0.2) is 31.6 Å². The lowest BCUT2D eigenvalue weighted by atomic mass is 10.0. The van der Waals surface area contributed by atoms with Crippen LogP contribution in [0.15, 0.2) is 18.2 Å². The summed E-state index contributed by atoms with van der Waals surface area (Å²) in [5.74, 6) is -0.390. The second kappa shape index (κ2) is 6.52. The minimum atomic E-state index is -0.375. The molecule has 2 rings (SSSR count). The summed E-state index contributed by atoms with van der Waals surface area (Å²) in [6, 6.07) is 4.99. The molecule has 5 nitrogen and oxygen atoms in total. The number of anilines is 1. The Hall–Kier alpha value is -1.88. The van der Waals surface area contributed by atoms with Gasteiger partial charge in [0.05, 0.1) is 18.7 Å². The number of carbonyl (C=O) groups is 2. The van der Waals surface area contributed by atoms with Crippen LogP contribution in [0.3, 0.4) is 0 Å². The Labute approximate surface area is 118 Å². The van der Waals surface area contributed by atoms with Gasteiger partial charge in [0.1, 0.15) is 0 Å². The lowest BCUT2D eigenvalue weighted by Gasteiger charge is -2.23. The second-order valence-electron chi connectivity index (χ2n) is 5.01. The molecule has 0 bridgehead atoms. The number of rotatable bonds is 3. The van der Waals surface area contributed by atoms with E-state index >= 15 is 0 Å². The summed E-state index contributed by atoms with van der Waals surface area (Å²) in [7, 11) is 1.35. The summed E-state index contributed by atoms with van der Waals surface area (Å²) < 4.78 is 4.67. The molecule has 1 aliphatic rings. The first-order valence-electron chi connectivity index (χ1n) is 6.85. The van der Waals surface area contributed by atoms with E-state index in [9.17, 15) is 9.59 Å². The monoisotopic (exact) mass is 276 g/mol. The van der Waals surface area contributed by atoms with Gasteiger partial charge < -0.3 is 15.4 Å². The van der Waals surface area contributed by atoms with Gasteiger partial charge in [-0.15, -0.1) is 0 Å². The summed E-state index contributed by atoms with van der Waals surface area (Å²) in [5.41, 5.74) is 2.06. The third-order valence-electron chi connectivity index (χ3n) is 3.53. The molecular weight excluding hydrogens is 256 g/mol. The fourth-order valence-electron chi connectivity index (χ4n) is 2.34.